The van der Waals surface area contributed by atoms with Crippen molar-refractivity contribution in [3.05, 3.63) is 35.4 Å². The number of nitrogens with one attached hydrogen (secondary N) is 2. The number of benzene rings is 1. The van der Waals surface area contributed by atoms with Crippen molar-refractivity contribution in [3.63, 3.8) is 0 Å². The van der Waals surface area contributed by atoms with E-state index < -0.39 is 29.7 Å². The number of nitrogens with zero attached hydrogens (tertiary/aromatic N) is 1. The van der Waals surface area contributed by atoms with Gasteiger partial charge in [0.05, 0.1) is 0 Å². The number of alkyl carbamates (subject to hydrolysis) is 1. The third kappa shape index (κ3) is 8.73. The predicted octanol–water partition coefficient (Wildman–Crippen LogP) is 3.88. The highest BCUT2D eigenvalue weighted by atomic mass is 32.1. The molecule has 0 saturated heterocycles. The Balaban J connectivity index is 3.15. The molecule has 1 rings (SSSR count). The summed E-state index contributed by atoms with van der Waals surface area (Å²) in [7, 11) is 1.57. The molecule has 0 saturated carbocycles. The van der Waals surface area contributed by atoms with E-state index in [1.54, 1.807) is 27.8 Å². The van der Waals surface area contributed by atoms with E-state index in [1.807, 2.05) is 31.2 Å². The van der Waals surface area contributed by atoms with Crippen molar-refractivity contribution >= 4 is 30.5 Å². The zero-order valence-electron chi connectivity index (χ0n) is 20.4. The van der Waals surface area contributed by atoms with Crippen molar-refractivity contribution in [2.75, 3.05) is 12.8 Å². The van der Waals surface area contributed by atoms with Gasteiger partial charge in [-0.25, -0.2) is 4.79 Å². The summed E-state index contributed by atoms with van der Waals surface area (Å²) in [6.45, 7) is 11.3. The van der Waals surface area contributed by atoms with Gasteiger partial charge in [0.1, 0.15) is 17.7 Å². The highest BCUT2D eigenvalue weighted by Gasteiger charge is 2.34. The zero-order chi connectivity index (χ0) is 24.5. The number of carbonyl (C=O) groups excluding carboxylic acids is 3. The summed E-state index contributed by atoms with van der Waals surface area (Å²) in [6.07, 6.45) is 1.95. The maximum atomic E-state index is 13.3. The van der Waals surface area contributed by atoms with Gasteiger partial charge < -0.3 is 20.3 Å². The molecule has 32 heavy (non-hydrogen) atoms. The summed E-state index contributed by atoms with van der Waals surface area (Å²) in [4.78, 5) is 40.0. The average molecular weight is 466 g/mol. The van der Waals surface area contributed by atoms with E-state index in [4.69, 9.17) is 4.74 Å². The maximum absolute atomic E-state index is 13.3. The van der Waals surface area contributed by atoms with Crippen LogP contribution in [0.5, 0.6) is 0 Å². The molecule has 0 heterocycles. The lowest BCUT2D eigenvalue weighted by Gasteiger charge is -2.32. The van der Waals surface area contributed by atoms with Gasteiger partial charge in [0.15, 0.2) is 0 Å². The lowest BCUT2D eigenvalue weighted by Crippen LogP contribution is -2.53. The van der Waals surface area contributed by atoms with Crippen LogP contribution in [0.3, 0.4) is 0 Å². The number of hydrogen-bond donors (Lipinski definition) is 3. The van der Waals surface area contributed by atoms with Gasteiger partial charge in [-0.3, -0.25) is 9.59 Å². The first kappa shape index (κ1) is 27.8. The smallest absolute Gasteiger partial charge is 0.408 e. The Morgan fingerprint density at radius 2 is 1.69 bits per heavy atom. The summed E-state index contributed by atoms with van der Waals surface area (Å²) < 4.78 is 5.26. The minimum Gasteiger partial charge on any atom is -0.444 e. The van der Waals surface area contributed by atoms with E-state index in [9.17, 15) is 14.4 Å². The van der Waals surface area contributed by atoms with Crippen molar-refractivity contribution in [2.24, 2.45) is 0 Å². The van der Waals surface area contributed by atoms with Crippen molar-refractivity contribution in [2.45, 2.75) is 84.5 Å². The first-order valence-corrected chi connectivity index (χ1v) is 11.8. The Morgan fingerprint density at radius 1 is 1.09 bits per heavy atom. The van der Waals surface area contributed by atoms with E-state index in [0.29, 0.717) is 5.56 Å². The van der Waals surface area contributed by atoms with Gasteiger partial charge >= 0.3 is 6.09 Å². The normalized spacial score (nSPS) is 14.1. The zero-order valence-corrected chi connectivity index (χ0v) is 21.3. The van der Waals surface area contributed by atoms with Crippen LogP contribution >= 0.6 is 12.6 Å². The second-order valence-electron chi connectivity index (χ2n) is 9.03. The van der Waals surface area contributed by atoms with Crippen molar-refractivity contribution < 1.29 is 19.1 Å². The lowest BCUT2D eigenvalue weighted by molar-refractivity contribution is -0.140. The van der Waals surface area contributed by atoms with Crippen LogP contribution in [0.25, 0.3) is 0 Å². The fraction of sp³-hybridized carbons (Fsp3) is 0.625. The summed E-state index contributed by atoms with van der Waals surface area (Å²) in [5.41, 5.74) is 1.15. The van der Waals surface area contributed by atoms with Gasteiger partial charge in [-0.1, -0.05) is 44.5 Å². The molecule has 3 amide bonds. The summed E-state index contributed by atoms with van der Waals surface area (Å²) >= 11 is 4.23. The summed E-state index contributed by atoms with van der Waals surface area (Å²) in [6, 6.07) is 5.86. The average Bonchev–Trinajstić information content (AvgIpc) is 2.70. The molecule has 2 N–H and O–H groups in total. The standard InChI is InChI=1S/C24H39N3O4S/c1-8-10-16(3)25-21(28)20(18-13-11-17(9-2)12-14-18)27(7)22(29)19(15-32)26-23(30)31-24(4,5)6/h11-14,16,19-20,32H,8-10,15H2,1-7H3,(H,25,28)(H,26,30). The highest BCUT2D eigenvalue weighted by Crippen LogP contribution is 2.22. The summed E-state index contributed by atoms with van der Waals surface area (Å²) in [5, 5.41) is 5.58. The quantitative estimate of drug-likeness (QED) is 0.458. The molecule has 0 aliphatic carbocycles. The SMILES string of the molecule is CCCC(C)NC(=O)C(c1ccc(CC)cc1)N(C)C(=O)C(CS)NC(=O)OC(C)(C)C. The van der Waals surface area contributed by atoms with Crippen molar-refractivity contribution in [1.29, 1.82) is 0 Å². The Bertz CT molecular complexity index is 762. The van der Waals surface area contributed by atoms with E-state index in [2.05, 4.69) is 37.1 Å². The van der Waals surface area contributed by atoms with Crippen LogP contribution in [0.1, 0.15) is 71.6 Å². The van der Waals surface area contributed by atoms with E-state index >= 15 is 0 Å². The monoisotopic (exact) mass is 465 g/mol. The second kappa shape index (κ2) is 12.7. The molecule has 0 aliphatic heterocycles. The summed E-state index contributed by atoms with van der Waals surface area (Å²) in [5.74, 6) is -0.618. The molecule has 0 spiro atoms. The number of amides is 3. The molecule has 0 fully saturated rings. The van der Waals surface area contributed by atoms with Gasteiger partial charge in [0, 0.05) is 18.8 Å². The Hall–Kier alpha value is -2.22. The van der Waals surface area contributed by atoms with Crippen LogP contribution in [-0.4, -0.2) is 53.3 Å². The fourth-order valence-electron chi connectivity index (χ4n) is 3.32. The molecule has 180 valence electrons. The number of carbonyl (C=O) groups is 3. The number of likely N-dealkylation sites (N-methyl/N-ethyl adjacent to an activating group) is 1. The largest absolute Gasteiger partial charge is 0.444 e. The number of rotatable bonds is 10. The molecule has 3 unspecified atom stereocenters. The molecule has 7 nitrogen and oxygen atoms in total. The molecule has 0 aliphatic rings. The van der Waals surface area contributed by atoms with Gasteiger partial charge in [0.25, 0.3) is 0 Å². The van der Waals surface area contributed by atoms with E-state index in [0.717, 1.165) is 24.8 Å². The molecule has 0 aromatic heterocycles. The van der Waals surface area contributed by atoms with Gasteiger partial charge in [-0.15, -0.1) is 0 Å². The first-order chi connectivity index (χ1) is 14.9. The Kier molecular flexibility index (Phi) is 11.1. The predicted molar refractivity (Wildman–Crippen MR) is 131 cm³/mol. The molecule has 8 heteroatoms. The molecule has 0 bridgehead atoms. The van der Waals surface area contributed by atoms with E-state index in [1.165, 1.54) is 4.90 Å². The Labute approximate surface area is 198 Å². The van der Waals surface area contributed by atoms with Crippen molar-refractivity contribution in [3.8, 4) is 0 Å². The third-order valence-electron chi connectivity index (χ3n) is 4.97. The molecule has 0 radical (unpaired) electrons. The highest BCUT2D eigenvalue weighted by molar-refractivity contribution is 7.80. The van der Waals surface area contributed by atoms with Crippen molar-refractivity contribution in [1.82, 2.24) is 15.5 Å². The van der Waals surface area contributed by atoms with E-state index in [-0.39, 0.29) is 17.7 Å². The van der Waals surface area contributed by atoms with Crippen LogP contribution in [0.2, 0.25) is 0 Å². The van der Waals surface area contributed by atoms with Crippen LogP contribution in [-0.2, 0) is 20.7 Å². The lowest BCUT2D eigenvalue weighted by atomic mass is 10.0. The van der Waals surface area contributed by atoms with Gasteiger partial charge in [-0.05, 0) is 51.7 Å². The fourth-order valence-corrected chi connectivity index (χ4v) is 3.57. The number of aryl methyl sites for hydroxylation is 1. The number of thiol groups is 1. The first-order valence-electron chi connectivity index (χ1n) is 11.2. The second-order valence-corrected chi connectivity index (χ2v) is 9.39. The molecular formula is C24H39N3O4S. The molecule has 1 aromatic rings. The number of ether oxygens (including phenoxy) is 1. The molecule has 1 aromatic carbocycles. The topological polar surface area (TPSA) is 87.7 Å². The van der Waals surface area contributed by atoms with Gasteiger partial charge in [0.2, 0.25) is 11.8 Å². The van der Waals surface area contributed by atoms with Crippen LogP contribution in [0, 0.1) is 0 Å². The molecule has 3 atom stereocenters. The number of hydrogen-bond acceptors (Lipinski definition) is 5. The van der Waals surface area contributed by atoms with Crippen LogP contribution in [0.15, 0.2) is 24.3 Å². The minimum atomic E-state index is -0.934. The Morgan fingerprint density at radius 3 is 2.16 bits per heavy atom. The maximum Gasteiger partial charge on any atom is 0.408 e. The molecular weight excluding hydrogens is 426 g/mol. The van der Waals surface area contributed by atoms with Crippen LogP contribution in [0.4, 0.5) is 4.79 Å². The van der Waals surface area contributed by atoms with Gasteiger partial charge in [-0.2, -0.15) is 12.6 Å². The van der Waals surface area contributed by atoms with Crippen LogP contribution < -0.4 is 10.6 Å². The minimum absolute atomic E-state index is 0.0195. The third-order valence-corrected chi connectivity index (χ3v) is 5.33.